The number of hydrogen-bond donors (Lipinski definition) is 9. The summed E-state index contributed by atoms with van der Waals surface area (Å²) in [5, 5.41) is 50.4. The number of carboxylic acids is 2. The normalized spacial score (nSPS) is 10.3. The highest BCUT2D eigenvalue weighted by Gasteiger charge is 2.26. The minimum absolute atomic E-state index is 0.101. The topological polar surface area (TPSA) is 216 Å². The van der Waals surface area contributed by atoms with E-state index in [0.29, 0.717) is 11.5 Å². The number of rotatable bonds is 10. The lowest BCUT2D eigenvalue weighted by Gasteiger charge is -2.23. The summed E-state index contributed by atoms with van der Waals surface area (Å²) >= 11 is 1.35. The molecule has 0 heterocycles. The predicted molar refractivity (Wildman–Crippen MR) is 86.2 cm³/mol. The molecule has 0 bridgehead atoms. The number of aliphatic hydroxyl groups is 4. The molecule has 0 atom stereocenters. The monoisotopic (exact) mass is 396 g/mol. The molecule has 0 aliphatic carbocycles. The van der Waals surface area contributed by atoms with Gasteiger partial charge in [0, 0.05) is 11.5 Å². The highest BCUT2D eigenvalue weighted by atomic mass is 32.2. The molecule has 13 heteroatoms. The summed E-state index contributed by atoms with van der Waals surface area (Å²) in [6, 6.07) is 0. The maximum atomic E-state index is 9.97. The number of hydrogen-bond acceptors (Lipinski definition) is 10. The van der Waals surface area contributed by atoms with Crippen molar-refractivity contribution in [3.05, 3.63) is 0 Å². The van der Waals surface area contributed by atoms with Gasteiger partial charge in [-0.2, -0.15) is 11.8 Å². The number of carbonyl (C=O) groups is 2. The average Bonchev–Trinajstić information content (AvgIpc) is 2.49. The number of aliphatic carboxylic acids is 2. The molecule has 0 fully saturated rings. The predicted octanol–water partition coefficient (Wildman–Crippen LogP) is -2.20. The van der Waals surface area contributed by atoms with Crippen LogP contribution in [0.2, 0.25) is 0 Å². The van der Waals surface area contributed by atoms with Crippen molar-refractivity contribution in [3.8, 4) is 0 Å². The van der Waals surface area contributed by atoms with E-state index in [1.807, 2.05) is 0 Å². The zero-order chi connectivity index (χ0) is 19.6. The van der Waals surface area contributed by atoms with Crippen LogP contribution in [0.4, 0.5) is 0 Å². The van der Waals surface area contributed by atoms with Gasteiger partial charge in [-0.25, -0.2) is 0 Å². The van der Waals surface area contributed by atoms with E-state index in [1.54, 1.807) is 0 Å². The van der Waals surface area contributed by atoms with Gasteiger partial charge in [0.1, 0.15) is 0 Å². The first kappa shape index (κ1) is 28.3. The van der Waals surface area contributed by atoms with Crippen LogP contribution < -0.4 is 0 Å². The standard InChI is InChI=1S/C6H10O4S.C5H12O4.H3O3P/c7-5(8)1-3-11-4-2-6(9)10;6-1-5(2-7,3-8)4-9;1-4(2)3/h1-4H2,(H,7,8)(H,9,10);6-9H,1-4H2;1-3H. The van der Waals surface area contributed by atoms with Crippen molar-refractivity contribution in [2.24, 2.45) is 5.41 Å². The summed E-state index contributed by atoms with van der Waals surface area (Å²) < 4.78 is 0. The Hall–Kier alpha value is -0.560. The van der Waals surface area contributed by atoms with Crippen molar-refractivity contribution in [2.75, 3.05) is 37.9 Å². The molecule has 0 aromatic carbocycles. The van der Waals surface area contributed by atoms with Gasteiger partial charge in [0.2, 0.25) is 0 Å². The average molecular weight is 396 g/mol. The molecule has 0 saturated carbocycles. The minimum Gasteiger partial charge on any atom is -0.481 e. The fourth-order valence-electron chi connectivity index (χ4n) is 0.721. The fourth-order valence-corrected chi connectivity index (χ4v) is 1.56. The van der Waals surface area contributed by atoms with Crippen molar-refractivity contribution in [1.29, 1.82) is 0 Å². The highest BCUT2D eigenvalue weighted by molar-refractivity contribution is 7.99. The van der Waals surface area contributed by atoms with E-state index in [9.17, 15) is 9.59 Å². The lowest BCUT2D eigenvalue weighted by atomic mass is 9.93. The Morgan fingerprint density at radius 2 is 1.00 bits per heavy atom. The Labute approximate surface area is 144 Å². The van der Waals surface area contributed by atoms with Crippen molar-refractivity contribution < 1.29 is 54.9 Å². The van der Waals surface area contributed by atoms with E-state index < -0.39 is 52.4 Å². The molecule has 0 spiro atoms. The van der Waals surface area contributed by atoms with E-state index in [2.05, 4.69) is 0 Å². The molecule has 11 nitrogen and oxygen atoms in total. The molecule has 0 unspecified atom stereocenters. The molecule has 24 heavy (non-hydrogen) atoms. The second kappa shape index (κ2) is 18.8. The lowest BCUT2D eigenvalue weighted by molar-refractivity contribution is -0.137. The molecule has 0 aromatic heterocycles. The number of carboxylic acid groups (broad SMARTS) is 2. The van der Waals surface area contributed by atoms with Gasteiger partial charge in [-0.1, -0.05) is 0 Å². The van der Waals surface area contributed by atoms with Gasteiger partial charge in [0.05, 0.1) is 44.7 Å². The zero-order valence-electron chi connectivity index (χ0n) is 12.9. The molecule has 0 radical (unpaired) electrons. The summed E-state index contributed by atoms with van der Waals surface area (Å²) in [7, 11) is -2.62. The van der Waals surface area contributed by atoms with Crippen LogP contribution in [0.25, 0.3) is 0 Å². The molecule has 9 N–H and O–H groups in total. The first-order valence-corrected chi connectivity index (χ1v) is 8.77. The van der Waals surface area contributed by atoms with Gasteiger partial charge >= 0.3 is 20.5 Å². The van der Waals surface area contributed by atoms with Gasteiger partial charge in [-0.05, 0) is 0 Å². The smallest absolute Gasteiger partial charge is 0.324 e. The first-order valence-electron chi connectivity index (χ1n) is 6.42. The largest absolute Gasteiger partial charge is 0.481 e. The van der Waals surface area contributed by atoms with E-state index >= 15 is 0 Å². The van der Waals surface area contributed by atoms with Crippen LogP contribution in [0.1, 0.15) is 12.8 Å². The van der Waals surface area contributed by atoms with Gasteiger partial charge in [0.25, 0.3) is 0 Å². The Balaban J connectivity index is -0.000000305. The van der Waals surface area contributed by atoms with Crippen molar-refractivity contribution in [3.63, 3.8) is 0 Å². The quantitative estimate of drug-likeness (QED) is 0.142. The lowest BCUT2D eigenvalue weighted by Crippen LogP contribution is -2.37. The van der Waals surface area contributed by atoms with Gasteiger partial charge in [-0.15, -0.1) is 0 Å². The first-order chi connectivity index (χ1) is 11.1. The number of thioether (sulfide) groups is 1. The summed E-state index contributed by atoms with van der Waals surface area (Å²) in [6.07, 6.45) is 0.203. The Morgan fingerprint density at radius 1 is 0.750 bits per heavy atom. The van der Waals surface area contributed by atoms with Gasteiger partial charge in [0.15, 0.2) is 0 Å². The van der Waals surface area contributed by atoms with Crippen LogP contribution in [-0.4, -0.2) is 95.2 Å². The van der Waals surface area contributed by atoms with E-state index in [-0.39, 0.29) is 12.8 Å². The maximum Gasteiger partial charge on any atom is 0.324 e. The summed E-state index contributed by atoms with van der Waals surface area (Å²) in [4.78, 5) is 41.6. The highest BCUT2D eigenvalue weighted by Crippen LogP contribution is 2.12. The summed E-state index contributed by atoms with van der Waals surface area (Å²) in [6.45, 7) is -1.62. The van der Waals surface area contributed by atoms with Crippen LogP contribution in [0.3, 0.4) is 0 Å². The number of aliphatic hydroxyl groups excluding tert-OH is 4. The summed E-state index contributed by atoms with van der Waals surface area (Å²) in [5.41, 5.74) is -1.11. The van der Waals surface area contributed by atoms with E-state index in [1.165, 1.54) is 11.8 Å². The van der Waals surface area contributed by atoms with Crippen LogP contribution in [0, 0.1) is 5.41 Å². The molecule has 146 valence electrons. The molecule has 0 rings (SSSR count). The molecular formula is C11H25O11PS. The molecule has 0 amide bonds. The molecule has 0 aliphatic heterocycles. The Kier molecular flexibility index (Phi) is 22.1. The second-order valence-corrected chi connectivity index (χ2v) is 6.06. The second-order valence-electron chi connectivity index (χ2n) is 4.30. The Bertz CT molecular complexity index is 276. The third-order valence-corrected chi connectivity index (χ3v) is 3.25. The van der Waals surface area contributed by atoms with E-state index in [4.69, 9.17) is 45.3 Å². The fraction of sp³-hybridized carbons (Fsp3) is 0.818. The summed E-state index contributed by atoms with van der Waals surface area (Å²) in [5.74, 6) is -0.703. The van der Waals surface area contributed by atoms with Crippen LogP contribution in [-0.2, 0) is 9.59 Å². The van der Waals surface area contributed by atoms with E-state index in [0.717, 1.165) is 0 Å². The molecular weight excluding hydrogens is 371 g/mol. The minimum atomic E-state index is -2.62. The van der Waals surface area contributed by atoms with Crippen molar-refractivity contribution in [2.45, 2.75) is 12.8 Å². The van der Waals surface area contributed by atoms with Crippen LogP contribution in [0.5, 0.6) is 0 Å². The van der Waals surface area contributed by atoms with Gasteiger partial charge < -0.3 is 45.3 Å². The van der Waals surface area contributed by atoms with Gasteiger partial charge in [-0.3, -0.25) is 9.59 Å². The molecule has 0 aromatic rings. The Morgan fingerprint density at radius 3 is 1.12 bits per heavy atom. The van der Waals surface area contributed by atoms with Crippen LogP contribution >= 0.6 is 20.4 Å². The SMILES string of the molecule is O=C(O)CCSCCC(=O)O.OCC(CO)(CO)CO.OP(O)O. The third-order valence-electron chi connectivity index (χ3n) is 2.26. The van der Waals surface area contributed by atoms with Crippen molar-refractivity contribution in [1.82, 2.24) is 0 Å². The third kappa shape index (κ3) is 23.7. The van der Waals surface area contributed by atoms with Crippen LogP contribution in [0.15, 0.2) is 0 Å². The zero-order valence-corrected chi connectivity index (χ0v) is 14.6. The van der Waals surface area contributed by atoms with Crippen molar-refractivity contribution >= 4 is 32.3 Å². The molecule has 0 saturated heterocycles. The maximum absolute atomic E-state index is 9.97. The molecule has 0 aliphatic rings.